The highest BCUT2D eigenvalue weighted by molar-refractivity contribution is 5.94. The third kappa shape index (κ3) is 5.41. The molecule has 0 aliphatic carbocycles. The topological polar surface area (TPSA) is 125 Å². The smallest absolute Gasteiger partial charge is 0.328 e. The molecule has 0 heterocycles. The number of benzene rings is 2. The SMILES string of the molecule is COC(=O)C(Cc1ccc(O)c(O)c1)NC(=O)/C=C/c1ccc(O)c(OC)c1. The van der Waals surface area contributed by atoms with E-state index < -0.39 is 17.9 Å². The van der Waals surface area contributed by atoms with Gasteiger partial charge in [0, 0.05) is 12.5 Å². The first-order valence-electron chi connectivity index (χ1n) is 8.28. The van der Waals surface area contributed by atoms with Crippen LogP contribution in [0.25, 0.3) is 6.08 Å². The molecule has 1 unspecified atom stereocenters. The van der Waals surface area contributed by atoms with E-state index in [9.17, 15) is 24.9 Å². The van der Waals surface area contributed by atoms with Gasteiger partial charge in [-0.3, -0.25) is 4.79 Å². The first-order chi connectivity index (χ1) is 13.3. The van der Waals surface area contributed by atoms with Crippen molar-refractivity contribution in [2.24, 2.45) is 0 Å². The minimum Gasteiger partial charge on any atom is -0.504 e. The van der Waals surface area contributed by atoms with Gasteiger partial charge in [-0.15, -0.1) is 0 Å². The number of nitrogens with one attached hydrogen (secondary N) is 1. The van der Waals surface area contributed by atoms with E-state index in [0.717, 1.165) is 0 Å². The van der Waals surface area contributed by atoms with E-state index in [1.165, 1.54) is 50.6 Å². The fraction of sp³-hybridized carbons (Fsp3) is 0.200. The Morgan fingerprint density at radius 3 is 2.39 bits per heavy atom. The molecule has 0 spiro atoms. The molecular weight excluding hydrogens is 366 g/mol. The largest absolute Gasteiger partial charge is 0.504 e. The summed E-state index contributed by atoms with van der Waals surface area (Å²) in [5, 5.41) is 31.1. The van der Waals surface area contributed by atoms with E-state index >= 15 is 0 Å². The number of hydrogen-bond donors (Lipinski definition) is 4. The number of methoxy groups -OCH3 is 2. The Morgan fingerprint density at radius 2 is 1.75 bits per heavy atom. The van der Waals surface area contributed by atoms with Crippen molar-refractivity contribution < 1.29 is 34.4 Å². The lowest BCUT2D eigenvalue weighted by molar-refractivity contribution is -0.144. The number of phenols is 3. The third-order valence-corrected chi connectivity index (χ3v) is 3.91. The maximum atomic E-state index is 12.2. The fourth-order valence-electron chi connectivity index (χ4n) is 2.46. The molecule has 0 aliphatic heterocycles. The average Bonchev–Trinajstić information content (AvgIpc) is 2.69. The molecule has 2 rings (SSSR count). The molecule has 28 heavy (non-hydrogen) atoms. The van der Waals surface area contributed by atoms with Crippen LogP contribution in [0.3, 0.4) is 0 Å². The standard InChI is InChI=1S/C20H21NO7/c1-27-18-11-12(3-7-16(18)23)5-8-19(25)21-14(20(26)28-2)9-13-4-6-15(22)17(24)10-13/h3-8,10-11,14,22-24H,9H2,1-2H3,(H,21,25)/b8-5+. The van der Waals surface area contributed by atoms with Crippen molar-refractivity contribution in [3.63, 3.8) is 0 Å². The van der Waals surface area contributed by atoms with Crippen LogP contribution in [0.15, 0.2) is 42.5 Å². The average molecular weight is 387 g/mol. The molecule has 0 aromatic heterocycles. The fourth-order valence-corrected chi connectivity index (χ4v) is 2.46. The molecule has 0 fully saturated rings. The number of ether oxygens (including phenoxy) is 2. The van der Waals surface area contributed by atoms with E-state index in [1.807, 2.05) is 0 Å². The third-order valence-electron chi connectivity index (χ3n) is 3.91. The molecule has 1 atom stereocenters. The Kier molecular flexibility index (Phi) is 6.86. The van der Waals surface area contributed by atoms with E-state index in [1.54, 1.807) is 12.1 Å². The number of carbonyl (C=O) groups is 2. The summed E-state index contributed by atoms with van der Waals surface area (Å²) >= 11 is 0. The highest BCUT2D eigenvalue weighted by Gasteiger charge is 2.21. The molecule has 0 aliphatic rings. The van der Waals surface area contributed by atoms with Gasteiger partial charge in [0.1, 0.15) is 6.04 Å². The van der Waals surface area contributed by atoms with Crippen molar-refractivity contribution in [1.82, 2.24) is 5.32 Å². The van der Waals surface area contributed by atoms with Crippen LogP contribution in [-0.4, -0.2) is 47.5 Å². The number of aromatic hydroxyl groups is 3. The van der Waals surface area contributed by atoms with Crippen molar-refractivity contribution in [1.29, 1.82) is 0 Å². The molecular formula is C20H21NO7. The number of hydrogen-bond acceptors (Lipinski definition) is 7. The van der Waals surface area contributed by atoms with Crippen LogP contribution in [0.1, 0.15) is 11.1 Å². The van der Waals surface area contributed by atoms with Gasteiger partial charge >= 0.3 is 5.97 Å². The molecule has 0 saturated heterocycles. The molecule has 8 heteroatoms. The molecule has 4 N–H and O–H groups in total. The second kappa shape index (κ2) is 9.31. The lowest BCUT2D eigenvalue weighted by atomic mass is 10.1. The number of amides is 1. The molecule has 2 aromatic rings. The quantitative estimate of drug-likeness (QED) is 0.324. The minimum atomic E-state index is -0.986. The normalized spacial score (nSPS) is 11.8. The molecule has 0 saturated carbocycles. The lowest BCUT2D eigenvalue weighted by Gasteiger charge is -2.16. The molecule has 148 valence electrons. The summed E-state index contributed by atoms with van der Waals surface area (Å²) in [6, 6.07) is 7.71. The lowest BCUT2D eigenvalue weighted by Crippen LogP contribution is -2.42. The van der Waals surface area contributed by atoms with Crippen LogP contribution in [0.5, 0.6) is 23.0 Å². The van der Waals surface area contributed by atoms with E-state index in [2.05, 4.69) is 5.32 Å². The molecule has 2 aromatic carbocycles. The van der Waals surface area contributed by atoms with Crippen LogP contribution < -0.4 is 10.1 Å². The Bertz CT molecular complexity index is 892. The minimum absolute atomic E-state index is 0.0213. The van der Waals surface area contributed by atoms with E-state index in [0.29, 0.717) is 11.1 Å². The van der Waals surface area contributed by atoms with Gasteiger partial charge in [-0.2, -0.15) is 0 Å². The van der Waals surface area contributed by atoms with Crippen LogP contribution >= 0.6 is 0 Å². The van der Waals surface area contributed by atoms with Gasteiger partial charge < -0.3 is 30.1 Å². The van der Waals surface area contributed by atoms with E-state index in [4.69, 9.17) is 9.47 Å². The summed E-state index contributed by atoms with van der Waals surface area (Å²) in [5.41, 5.74) is 1.14. The highest BCUT2D eigenvalue weighted by Crippen LogP contribution is 2.27. The van der Waals surface area contributed by atoms with Crippen molar-refractivity contribution in [2.45, 2.75) is 12.5 Å². The Morgan fingerprint density at radius 1 is 1.04 bits per heavy atom. The van der Waals surface area contributed by atoms with Crippen molar-refractivity contribution >= 4 is 18.0 Å². The number of carbonyl (C=O) groups excluding carboxylic acids is 2. The van der Waals surface area contributed by atoms with Gasteiger partial charge in [-0.05, 0) is 41.5 Å². The summed E-state index contributed by atoms with van der Waals surface area (Å²) in [7, 11) is 2.62. The molecule has 1 amide bonds. The maximum Gasteiger partial charge on any atom is 0.328 e. The van der Waals surface area contributed by atoms with Crippen LogP contribution in [0.2, 0.25) is 0 Å². The summed E-state index contributed by atoms with van der Waals surface area (Å²) in [4.78, 5) is 24.2. The van der Waals surface area contributed by atoms with Crippen LogP contribution in [0, 0.1) is 0 Å². The van der Waals surface area contributed by atoms with Gasteiger partial charge in [0.25, 0.3) is 0 Å². The zero-order valence-electron chi connectivity index (χ0n) is 15.4. The Hall–Kier alpha value is -3.68. The van der Waals surface area contributed by atoms with Crippen LogP contribution in [0.4, 0.5) is 0 Å². The van der Waals surface area contributed by atoms with Gasteiger partial charge in [0.2, 0.25) is 5.91 Å². The number of esters is 1. The first kappa shape index (κ1) is 20.6. The van der Waals surface area contributed by atoms with Crippen molar-refractivity contribution in [2.75, 3.05) is 14.2 Å². The second-order valence-electron chi connectivity index (χ2n) is 5.88. The Balaban J connectivity index is 2.09. The summed E-state index contributed by atoms with van der Waals surface area (Å²) < 4.78 is 9.72. The summed E-state index contributed by atoms with van der Waals surface area (Å²) in [5.74, 6) is -1.55. The van der Waals surface area contributed by atoms with Crippen LogP contribution in [-0.2, 0) is 20.7 Å². The van der Waals surface area contributed by atoms with Gasteiger partial charge in [0.15, 0.2) is 23.0 Å². The zero-order valence-corrected chi connectivity index (χ0v) is 15.4. The first-order valence-corrected chi connectivity index (χ1v) is 8.28. The number of rotatable bonds is 7. The van der Waals surface area contributed by atoms with Crippen molar-refractivity contribution in [3.8, 4) is 23.0 Å². The van der Waals surface area contributed by atoms with Gasteiger partial charge in [0.05, 0.1) is 14.2 Å². The monoisotopic (exact) mass is 387 g/mol. The molecule has 0 bridgehead atoms. The van der Waals surface area contributed by atoms with Crippen molar-refractivity contribution in [3.05, 3.63) is 53.6 Å². The summed E-state index contributed by atoms with van der Waals surface area (Å²) in [6.07, 6.45) is 2.79. The predicted octanol–water partition coefficient (Wildman–Crippen LogP) is 1.73. The van der Waals surface area contributed by atoms with E-state index in [-0.39, 0.29) is 29.4 Å². The van der Waals surface area contributed by atoms with Gasteiger partial charge in [-0.1, -0.05) is 12.1 Å². The Labute approximate surface area is 161 Å². The molecule has 0 radical (unpaired) electrons. The van der Waals surface area contributed by atoms with Gasteiger partial charge in [-0.25, -0.2) is 4.79 Å². The maximum absolute atomic E-state index is 12.2. The highest BCUT2D eigenvalue weighted by atomic mass is 16.5. The summed E-state index contributed by atoms with van der Waals surface area (Å²) in [6.45, 7) is 0. The number of phenolic OH excluding ortho intramolecular Hbond substituents is 3. The second-order valence-corrected chi connectivity index (χ2v) is 5.88. The molecule has 8 nitrogen and oxygen atoms in total. The zero-order chi connectivity index (χ0) is 20.7. The predicted molar refractivity (Wildman–Crippen MR) is 101 cm³/mol.